The first-order valence-electron chi connectivity index (χ1n) is 8.60. The van der Waals surface area contributed by atoms with Gasteiger partial charge in [-0.2, -0.15) is 0 Å². The van der Waals surface area contributed by atoms with Crippen LogP contribution in [0, 0.1) is 6.88 Å². The van der Waals surface area contributed by atoms with Crippen LogP contribution < -0.4 is 11.3 Å². The van der Waals surface area contributed by atoms with E-state index in [1.165, 1.54) is 12.1 Å². The first-order valence-corrected chi connectivity index (χ1v) is 6.29. The normalized spacial score (nSPS) is 29.1. The van der Waals surface area contributed by atoms with Gasteiger partial charge in [0, 0.05) is 17.6 Å². The van der Waals surface area contributed by atoms with Crippen molar-refractivity contribution in [2.75, 3.05) is 5.73 Å². The van der Waals surface area contributed by atoms with E-state index in [1.54, 1.807) is 6.07 Å². The summed E-state index contributed by atoms with van der Waals surface area (Å²) in [6.07, 6.45) is -3.57. The Morgan fingerprint density at radius 1 is 1.43 bits per heavy atom. The summed E-state index contributed by atoms with van der Waals surface area (Å²) in [5.74, 6) is -1.70. The molecular formula is C15H15N3O3. The molecule has 1 fully saturated rings. The fourth-order valence-electron chi connectivity index (χ4n) is 2.43. The molecule has 1 aliphatic rings. The van der Waals surface area contributed by atoms with Crippen molar-refractivity contribution in [3.05, 3.63) is 34.4 Å². The third kappa shape index (κ3) is 2.12. The quantitative estimate of drug-likeness (QED) is 0.627. The number of rotatable bonds is 1. The summed E-state index contributed by atoms with van der Waals surface area (Å²) in [6.45, 7) is -1.69. The number of nitrogen functional groups attached to an aromatic ring is 1. The van der Waals surface area contributed by atoms with Gasteiger partial charge in [0.2, 0.25) is 0 Å². The van der Waals surface area contributed by atoms with Crippen molar-refractivity contribution in [3.63, 3.8) is 0 Å². The van der Waals surface area contributed by atoms with Gasteiger partial charge in [0.05, 0.1) is 23.4 Å². The molecular weight excluding hydrogens is 270 g/mol. The maximum Gasteiger partial charge on any atom is 0.264 e. The third-order valence-corrected chi connectivity index (χ3v) is 3.41. The summed E-state index contributed by atoms with van der Waals surface area (Å²) in [5, 5.41) is 0.0188. The zero-order valence-corrected chi connectivity index (χ0v) is 10.9. The summed E-state index contributed by atoms with van der Waals surface area (Å²) in [5.41, 5.74) is 5.38. The number of benzene rings is 1. The number of Topliss-reactive ketones (excluding diaryl/α,β-unsaturated/α-hetero) is 2. The maximum atomic E-state index is 12.9. The van der Waals surface area contributed by atoms with E-state index in [-0.39, 0.29) is 22.4 Å². The molecule has 2 aromatic rings. The van der Waals surface area contributed by atoms with Gasteiger partial charge < -0.3 is 5.73 Å². The van der Waals surface area contributed by atoms with Gasteiger partial charge in [-0.1, -0.05) is 6.07 Å². The van der Waals surface area contributed by atoms with Crippen molar-refractivity contribution in [1.82, 2.24) is 9.55 Å². The smallest absolute Gasteiger partial charge is 0.264 e. The van der Waals surface area contributed by atoms with Crippen LogP contribution in [0.1, 0.15) is 36.6 Å². The Morgan fingerprint density at radius 2 is 2.24 bits per heavy atom. The number of anilines is 1. The van der Waals surface area contributed by atoms with Crippen molar-refractivity contribution in [2.24, 2.45) is 0 Å². The van der Waals surface area contributed by atoms with Gasteiger partial charge in [0.15, 0.2) is 5.78 Å². The van der Waals surface area contributed by atoms with Gasteiger partial charge in [-0.05, 0) is 25.4 Å². The molecule has 0 bridgehead atoms. The molecule has 1 aliphatic carbocycles. The fraction of sp³-hybridized carbons (Fsp3) is 0.333. The molecule has 0 amide bonds. The molecule has 2 N–H and O–H groups in total. The van der Waals surface area contributed by atoms with Crippen LogP contribution in [-0.2, 0) is 9.59 Å². The first-order chi connectivity index (χ1) is 11.7. The molecule has 0 radical (unpaired) electrons. The van der Waals surface area contributed by atoms with E-state index in [1.807, 2.05) is 0 Å². The second-order valence-corrected chi connectivity index (χ2v) is 4.80. The van der Waals surface area contributed by atoms with Crippen LogP contribution >= 0.6 is 0 Å². The Balaban J connectivity index is 2.34. The van der Waals surface area contributed by atoms with E-state index < -0.39 is 49.3 Å². The highest BCUT2D eigenvalue weighted by molar-refractivity contribution is 6.03. The van der Waals surface area contributed by atoms with Crippen LogP contribution in [0.15, 0.2) is 23.0 Å². The fourth-order valence-corrected chi connectivity index (χ4v) is 2.43. The second-order valence-electron chi connectivity index (χ2n) is 4.80. The van der Waals surface area contributed by atoms with E-state index >= 15 is 0 Å². The van der Waals surface area contributed by atoms with Gasteiger partial charge in [0.25, 0.3) is 5.56 Å². The van der Waals surface area contributed by atoms with Crippen molar-refractivity contribution in [1.29, 1.82) is 0 Å². The van der Waals surface area contributed by atoms with Gasteiger partial charge in [-0.25, -0.2) is 4.98 Å². The van der Waals surface area contributed by atoms with Crippen LogP contribution in [0.4, 0.5) is 5.69 Å². The largest absolute Gasteiger partial charge is 0.398 e. The lowest BCUT2D eigenvalue weighted by atomic mass is 9.92. The summed E-state index contributed by atoms with van der Waals surface area (Å²) in [7, 11) is 0. The third-order valence-electron chi connectivity index (χ3n) is 3.41. The number of hydrogen-bond donors (Lipinski definition) is 1. The average molecular weight is 289 g/mol. The van der Waals surface area contributed by atoms with Crippen molar-refractivity contribution < 1.29 is 15.1 Å². The van der Waals surface area contributed by atoms with E-state index in [2.05, 4.69) is 4.98 Å². The Morgan fingerprint density at radius 3 is 3.00 bits per heavy atom. The molecule has 0 aliphatic heterocycles. The predicted molar refractivity (Wildman–Crippen MR) is 78.1 cm³/mol. The summed E-state index contributed by atoms with van der Waals surface area (Å²) in [4.78, 5) is 41.0. The van der Waals surface area contributed by atoms with Crippen LogP contribution in [0.5, 0.6) is 0 Å². The van der Waals surface area contributed by atoms with Crippen LogP contribution in [0.2, 0.25) is 0 Å². The highest BCUT2D eigenvalue weighted by Crippen LogP contribution is 2.24. The molecule has 3 unspecified atom stereocenters. The number of aryl methyl sites for hydroxylation is 1. The Kier molecular flexibility index (Phi) is 2.16. The van der Waals surface area contributed by atoms with Gasteiger partial charge in [0.1, 0.15) is 11.6 Å². The number of ketones is 2. The van der Waals surface area contributed by atoms with Gasteiger partial charge in [-0.15, -0.1) is 0 Å². The number of carbonyl (C=O) groups excluding carboxylic acids is 2. The molecule has 1 heterocycles. The molecule has 3 atom stereocenters. The number of nitrogens with zero attached hydrogens (tertiary/aromatic N) is 2. The highest BCUT2D eigenvalue weighted by atomic mass is 16.2. The van der Waals surface area contributed by atoms with Crippen LogP contribution in [-0.4, -0.2) is 21.1 Å². The number of nitrogens with two attached hydrogens (primary N) is 1. The highest BCUT2D eigenvalue weighted by Gasteiger charge is 2.30. The molecule has 1 aromatic carbocycles. The molecule has 108 valence electrons. The van der Waals surface area contributed by atoms with E-state index in [4.69, 9.17) is 11.2 Å². The van der Waals surface area contributed by atoms with E-state index in [9.17, 15) is 14.4 Å². The minimum Gasteiger partial charge on any atom is -0.398 e. The molecule has 6 heteroatoms. The Hall–Kier alpha value is -2.50. The van der Waals surface area contributed by atoms with Crippen molar-refractivity contribution >= 4 is 28.2 Å². The molecule has 21 heavy (non-hydrogen) atoms. The first kappa shape index (κ1) is 9.44. The lowest BCUT2D eigenvalue weighted by Crippen LogP contribution is -2.36. The molecule has 1 saturated carbocycles. The zero-order chi connectivity index (χ0) is 18.5. The summed E-state index contributed by atoms with van der Waals surface area (Å²) < 4.78 is 31.9. The Bertz CT molecular complexity index is 943. The standard InChI is InChI=1S/C15H15N3O3/c1-8-17-11-4-2-3-10(16)14(11)15(21)18(8)12-6-5-9(19)7-13(12)20/h2-4,12H,5-7,16H2,1H3/i1D2,5D,6D. The van der Waals surface area contributed by atoms with Crippen molar-refractivity contribution in [2.45, 2.75) is 32.1 Å². The number of carbonyl (C=O) groups is 2. The van der Waals surface area contributed by atoms with Gasteiger partial charge in [-0.3, -0.25) is 19.0 Å². The van der Waals surface area contributed by atoms with Crippen LogP contribution in [0.3, 0.4) is 0 Å². The summed E-state index contributed by atoms with van der Waals surface area (Å²) >= 11 is 0. The molecule has 0 spiro atoms. The second kappa shape index (κ2) is 4.80. The van der Waals surface area contributed by atoms with Gasteiger partial charge >= 0.3 is 0 Å². The zero-order valence-electron chi connectivity index (χ0n) is 14.9. The molecule has 6 nitrogen and oxygen atoms in total. The van der Waals surface area contributed by atoms with E-state index in [0.717, 1.165) is 4.57 Å². The SMILES string of the molecule is [2H]C([2H])c1nc2cccc(N)c2c(=O)n1C1C(=O)CC(=O)C([2H])C1[2H]. The lowest BCUT2D eigenvalue weighted by Gasteiger charge is -2.24. The topological polar surface area (TPSA) is 95.0 Å². The monoisotopic (exact) mass is 289 g/mol. The maximum absolute atomic E-state index is 12.9. The Labute approximate surface area is 126 Å². The number of aromatic nitrogens is 2. The summed E-state index contributed by atoms with van der Waals surface area (Å²) in [6, 6.07) is 3.10. The minimum absolute atomic E-state index is 0.0188. The number of fused-ring (bicyclic) bond motifs is 1. The molecule has 1 aromatic heterocycles. The minimum atomic E-state index is -1.69. The molecule has 3 rings (SSSR count). The lowest BCUT2D eigenvalue weighted by molar-refractivity contribution is -0.132. The molecule has 0 saturated heterocycles. The van der Waals surface area contributed by atoms with Crippen molar-refractivity contribution in [3.8, 4) is 0 Å². The van der Waals surface area contributed by atoms with Crippen LogP contribution in [0.25, 0.3) is 10.9 Å². The average Bonchev–Trinajstić information content (AvgIpc) is 2.54. The van der Waals surface area contributed by atoms with E-state index in [0.29, 0.717) is 0 Å². The number of hydrogen-bond acceptors (Lipinski definition) is 5. The predicted octanol–water partition coefficient (Wildman–Crippen LogP) is 1.15.